The zero-order valence-electron chi connectivity index (χ0n) is 25.0. The average molecular weight is 692 g/mol. The fraction of sp³-hybridized carbons (Fsp3) is 0.233. The summed E-state index contributed by atoms with van der Waals surface area (Å²) in [6.07, 6.45) is -3.32. The highest BCUT2D eigenvalue weighted by Gasteiger charge is 2.31. The zero-order chi connectivity index (χ0) is 34.5. The minimum Gasteiger partial charge on any atom is -0.379 e. The molecule has 0 saturated carbocycles. The number of aromatic nitrogens is 2. The first-order valence-electron chi connectivity index (χ1n) is 14.4. The van der Waals surface area contributed by atoms with Gasteiger partial charge in [-0.25, -0.2) is 32.7 Å². The first-order valence-corrected chi connectivity index (χ1v) is 16.0. The molecule has 12 nitrogen and oxygen atoms in total. The van der Waals surface area contributed by atoms with Crippen molar-refractivity contribution in [3.8, 4) is 11.1 Å². The highest BCUT2D eigenvalue weighted by molar-refractivity contribution is 7.90. The Hall–Kier alpha value is -4.91. The summed E-state index contributed by atoms with van der Waals surface area (Å²) in [5.74, 6) is -1.54. The van der Waals surface area contributed by atoms with Crippen LogP contribution in [0.25, 0.3) is 11.1 Å². The second-order valence-corrected chi connectivity index (χ2v) is 12.2. The number of nitrogens with two attached hydrogens (primary N) is 1. The quantitative estimate of drug-likeness (QED) is 0.113. The summed E-state index contributed by atoms with van der Waals surface area (Å²) >= 11 is 0. The lowest BCUT2D eigenvalue weighted by Gasteiger charge is -2.26. The smallest absolute Gasteiger partial charge is 0.379 e. The van der Waals surface area contributed by atoms with Crippen LogP contribution in [0.3, 0.4) is 0 Å². The number of hydrogen-bond acceptors (Lipinski definition) is 9. The van der Waals surface area contributed by atoms with Gasteiger partial charge in [0, 0.05) is 43.6 Å². The van der Waals surface area contributed by atoms with Crippen LogP contribution < -0.4 is 26.4 Å². The van der Waals surface area contributed by atoms with Gasteiger partial charge in [-0.05, 0) is 54.1 Å². The van der Waals surface area contributed by atoms with Crippen LogP contribution in [-0.4, -0.2) is 64.5 Å². The SMILES string of the molecule is N=S(N)(=O)c1cccc(Nc2ncc(-c3ccc(NC(=O)Nc4cc(C(F)(F)F)ccc4F)c(F)c3)c(NCCN3CCOCC3)n2)c1. The second kappa shape index (κ2) is 14.5. The van der Waals surface area contributed by atoms with E-state index < -0.39 is 45.0 Å². The van der Waals surface area contributed by atoms with Gasteiger partial charge >= 0.3 is 12.2 Å². The van der Waals surface area contributed by atoms with Crippen LogP contribution in [0, 0.1) is 16.4 Å². The predicted molar refractivity (Wildman–Crippen MR) is 170 cm³/mol. The molecule has 18 heteroatoms. The van der Waals surface area contributed by atoms with Crippen LogP contribution in [0.2, 0.25) is 0 Å². The molecule has 1 fully saturated rings. The summed E-state index contributed by atoms with van der Waals surface area (Å²) in [6, 6.07) is 10.3. The van der Waals surface area contributed by atoms with Crippen molar-refractivity contribution in [2.45, 2.75) is 11.1 Å². The van der Waals surface area contributed by atoms with E-state index in [4.69, 9.17) is 14.7 Å². The predicted octanol–water partition coefficient (Wildman–Crippen LogP) is 5.85. The van der Waals surface area contributed by atoms with E-state index in [1.54, 1.807) is 12.1 Å². The lowest BCUT2D eigenvalue weighted by molar-refractivity contribution is -0.137. The third kappa shape index (κ3) is 8.91. The highest BCUT2D eigenvalue weighted by Crippen LogP contribution is 2.33. The molecule has 4 aromatic rings. The molecule has 1 saturated heterocycles. The van der Waals surface area contributed by atoms with Crippen LogP contribution >= 0.6 is 0 Å². The lowest BCUT2D eigenvalue weighted by atomic mass is 10.1. The number of nitrogens with zero attached hydrogens (tertiary/aromatic N) is 3. The Balaban J connectivity index is 1.36. The van der Waals surface area contributed by atoms with Crippen LogP contribution in [0.4, 0.5) is 55.6 Å². The van der Waals surface area contributed by atoms with Gasteiger partial charge in [-0.2, -0.15) is 18.2 Å². The van der Waals surface area contributed by atoms with Gasteiger partial charge in [-0.3, -0.25) is 4.90 Å². The monoisotopic (exact) mass is 691 g/mol. The minimum atomic E-state index is -4.76. The molecule has 5 rings (SSSR count). The summed E-state index contributed by atoms with van der Waals surface area (Å²) in [4.78, 5) is 23.6. The largest absolute Gasteiger partial charge is 0.416 e. The topological polar surface area (TPSA) is 170 Å². The minimum absolute atomic E-state index is 0.103. The lowest BCUT2D eigenvalue weighted by Crippen LogP contribution is -2.39. The fourth-order valence-corrected chi connectivity index (χ4v) is 5.28. The number of alkyl halides is 3. The van der Waals surface area contributed by atoms with Crippen molar-refractivity contribution < 1.29 is 35.7 Å². The standard InChI is InChI=1S/C30H30F5N9O3S/c31-23-6-5-19(30(33,34)35)15-26(23)42-29(45)41-25-7-4-18(14-24(25)32)22-17-39-28(40-20-2-1-3-21(16-20)48(36,37)46)43-27(22)38-8-9-44-10-12-47-13-11-44/h1-7,14-17H,8-13H2,(H3,36,37,46)(H2,41,42,45)(H2,38,39,40,43). The fourth-order valence-electron chi connectivity index (χ4n) is 4.69. The molecule has 0 aliphatic carbocycles. The van der Waals surface area contributed by atoms with Gasteiger partial charge in [-0.15, -0.1) is 0 Å². The first kappa shape index (κ1) is 34.4. The zero-order valence-corrected chi connectivity index (χ0v) is 25.9. The molecule has 3 aromatic carbocycles. The highest BCUT2D eigenvalue weighted by atomic mass is 32.2. The summed E-state index contributed by atoms with van der Waals surface area (Å²) in [7, 11) is -3.46. The molecule has 0 bridgehead atoms. The maximum Gasteiger partial charge on any atom is 0.416 e. The molecular formula is C30H30F5N9O3S. The number of ether oxygens (including phenoxy) is 1. The Morgan fingerprint density at radius 3 is 2.46 bits per heavy atom. The molecular weight excluding hydrogens is 661 g/mol. The molecule has 7 N–H and O–H groups in total. The van der Waals surface area contributed by atoms with Crippen molar-refractivity contribution in [3.63, 3.8) is 0 Å². The number of rotatable bonds is 10. The molecule has 1 unspecified atom stereocenters. The normalized spacial score (nSPS) is 15.0. The third-order valence-corrected chi connectivity index (χ3v) is 8.08. The molecule has 1 aliphatic heterocycles. The van der Waals surface area contributed by atoms with Gasteiger partial charge in [0.2, 0.25) is 5.95 Å². The molecule has 48 heavy (non-hydrogen) atoms. The number of urea groups is 1. The van der Waals surface area contributed by atoms with Crippen molar-refractivity contribution in [1.29, 1.82) is 4.78 Å². The first-order chi connectivity index (χ1) is 22.8. The average Bonchev–Trinajstić information content (AvgIpc) is 3.03. The number of nitrogens with one attached hydrogen (secondary N) is 5. The van der Waals surface area contributed by atoms with E-state index in [1.807, 2.05) is 5.32 Å². The van der Waals surface area contributed by atoms with Gasteiger partial charge in [0.1, 0.15) is 27.4 Å². The van der Waals surface area contributed by atoms with Crippen molar-refractivity contribution in [2.24, 2.45) is 5.14 Å². The Bertz CT molecular complexity index is 1910. The van der Waals surface area contributed by atoms with Crippen LogP contribution in [0.5, 0.6) is 0 Å². The van der Waals surface area contributed by atoms with E-state index in [2.05, 4.69) is 30.8 Å². The Morgan fingerprint density at radius 1 is 1.00 bits per heavy atom. The molecule has 2 amide bonds. The Labute approximate surface area is 272 Å². The van der Waals surface area contributed by atoms with Crippen molar-refractivity contribution >= 4 is 44.8 Å². The molecule has 0 spiro atoms. The van der Waals surface area contributed by atoms with Crippen molar-refractivity contribution in [1.82, 2.24) is 14.9 Å². The molecule has 1 atom stereocenters. The van der Waals surface area contributed by atoms with E-state index in [9.17, 15) is 26.6 Å². The van der Waals surface area contributed by atoms with E-state index in [0.717, 1.165) is 19.2 Å². The van der Waals surface area contributed by atoms with Gasteiger partial charge in [0.25, 0.3) is 0 Å². The summed E-state index contributed by atoms with van der Waals surface area (Å²) in [5, 5.41) is 15.8. The number of carbonyl (C=O) groups excluding carboxylic acids is 1. The molecule has 2 heterocycles. The number of amides is 2. The van der Waals surface area contributed by atoms with E-state index in [-0.39, 0.29) is 16.5 Å². The number of morpholine rings is 1. The van der Waals surface area contributed by atoms with Gasteiger partial charge in [0.05, 0.1) is 35.0 Å². The molecule has 254 valence electrons. The number of carbonyl (C=O) groups is 1. The van der Waals surface area contributed by atoms with Gasteiger partial charge in [0.15, 0.2) is 0 Å². The number of anilines is 5. The number of benzene rings is 3. The van der Waals surface area contributed by atoms with Crippen LogP contribution in [-0.2, 0) is 20.8 Å². The Kier molecular flexibility index (Phi) is 10.4. The summed E-state index contributed by atoms with van der Waals surface area (Å²) in [5.41, 5.74) is -1.09. The van der Waals surface area contributed by atoms with Crippen LogP contribution in [0.15, 0.2) is 71.8 Å². The summed E-state index contributed by atoms with van der Waals surface area (Å²) in [6.45, 7) is 3.87. The number of halogens is 5. The third-order valence-electron chi connectivity index (χ3n) is 7.12. The number of hydrogen-bond donors (Lipinski definition) is 6. The maximum absolute atomic E-state index is 15.3. The Morgan fingerprint density at radius 2 is 1.75 bits per heavy atom. The second-order valence-electron chi connectivity index (χ2n) is 10.6. The summed E-state index contributed by atoms with van der Waals surface area (Å²) < 4.78 is 93.5. The van der Waals surface area contributed by atoms with Crippen molar-refractivity contribution in [3.05, 3.63) is 84.1 Å². The molecule has 1 aromatic heterocycles. The van der Waals surface area contributed by atoms with Crippen LogP contribution in [0.1, 0.15) is 5.56 Å². The maximum atomic E-state index is 15.3. The molecule has 1 aliphatic rings. The van der Waals surface area contributed by atoms with Gasteiger partial charge < -0.3 is 26.0 Å². The molecule has 0 radical (unpaired) electrons. The van der Waals surface area contributed by atoms with E-state index in [0.29, 0.717) is 67.1 Å². The van der Waals surface area contributed by atoms with Gasteiger partial charge in [-0.1, -0.05) is 12.1 Å². The van der Waals surface area contributed by atoms with E-state index in [1.165, 1.54) is 30.5 Å². The van der Waals surface area contributed by atoms with E-state index >= 15 is 4.39 Å². The van der Waals surface area contributed by atoms with Crippen molar-refractivity contribution in [2.75, 3.05) is 60.7 Å².